The van der Waals surface area contributed by atoms with Gasteiger partial charge in [-0.3, -0.25) is 25.2 Å². The number of nitrogens with zero attached hydrogens (tertiary/aromatic N) is 1. The van der Waals surface area contributed by atoms with E-state index in [1.807, 2.05) is 0 Å². The zero-order chi connectivity index (χ0) is 12.2. The van der Waals surface area contributed by atoms with E-state index in [-0.39, 0.29) is 12.5 Å². The summed E-state index contributed by atoms with van der Waals surface area (Å²) in [5, 5.41) is 4.45. The zero-order valence-corrected chi connectivity index (χ0v) is 9.43. The van der Waals surface area contributed by atoms with E-state index in [0.29, 0.717) is 13.0 Å². The molecular formula is C7H12N4O4S. The quantitative estimate of drug-likeness (QED) is 0.369. The highest BCUT2D eigenvalue weighted by molar-refractivity contribution is 7.88. The Morgan fingerprint density at radius 1 is 1.25 bits per heavy atom. The van der Waals surface area contributed by atoms with Gasteiger partial charge in [-0.15, -0.1) is 0 Å². The van der Waals surface area contributed by atoms with E-state index in [4.69, 9.17) is 0 Å². The Balaban J connectivity index is 2.23. The molecule has 1 saturated heterocycles. The first-order valence-corrected chi connectivity index (χ1v) is 6.39. The maximum absolute atomic E-state index is 10.7. The summed E-state index contributed by atoms with van der Waals surface area (Å²) in [6, 6.07) is 0. The molecule has 1 aliphatic heterocycles. The Hall–Kier alpha value is -1.48. The Bertz CT molecular complexity index is 410. The first kappa shape index (κ1) is 12.6. The highest BCUT2D eigenvalue weighted by Gasteiger charge is 2.24. The fraction of sp³-hybridized carbons (Fsp3) is 0.571. The van der Waals surface area contributed by atoms with Gasteiger partial charge in [0.05, 0.1) is 6.26 Å². The van der Waals surface area contributed by atoms with Crippen LogP contribution in [0.5, 0.6) is 0 Å². The van der Waals surface area contributed by atoms with Crippen molar-refractivity contribution >= 4 is 27.8 Å². The smallest absolute Gasteiger partial charge is 0.288 e. The summed E-state index contributed by atoms with van der Waals surface area (Å²) in [5.74, 6) is -1.38. The van der Waals surface area contributed by atoms with E-state index >= 15 is 0 Å². The number of carbonyl (C=O) groups is 2. The molecular weight excluding hydrogens is 236 g/mol. The van der Waals surface area contributed by atoms with E-state index in [9.17, 15) is 18.0 Å². The normalized spacial score (nSPS) is 15.9. The number of amides is 2. The molecule has 9 heteroatoms. The summed E-state index contributed by atoms with van der Waals surface area (Å²) >= 11 is 0. The first-order chi connectivity index (χ1) is 7.38. The van der Waals surface area contributed by atoms with Gasteiger partial charge < -0.3 is 0 Å². The fourth-order valence-corrected chi connectivity index (χ4v) is 1.48. The highest BCUT2D eigenvalue weighted by Crippen LogP contribution is 1.86. The third-order valence-electron chi connectivity index (χ3n) is 1.64. The number of aliphatic imine (C=N–C) groups is 1. The van der Waals surface area contributed by atoms with Gasteiger partial charge in [-0.25, -0.2) is 13.1 Å². The molecule has 90 valence electrons. The Morgan fingerprint density at radius 2 is 1.81 bits per heavy atom. The second-order valence-corrected chi connectivity index (χ2v) is 4.99. The lowest BCUT2D eigenvalue weighted by atomic mass is 10.4. The Kier molecular flexibility index (Phi) is 3.96. The summed E-state index contributed by atoms with van der Waals surface area (Å²) in [6.07, 6.45) is 1.54. The van der Waals surface area contributed by atoms with Crippen LogP contribution in [-0.2, 0) is 19.6 Å². The summed E-state index contributed by atoms with van der Waals surface area (Å²) in [5.41, 5.74) is 0. The van der Waals surface area contributed by atoms with Gasteiger partial charge in [0.1, 0.15) is 0 Å². The standard InChI is InChI=1S/C7H12N4O4S/c1-16(14,15)9-4-2-3-8-7-10-5(12)6(13)11-7/h9H,2-4H2,1H3,(H2,8,10,11,12,13). The van der Waals surface area contributed by atoms with Crippen LogP contribution in [0.15, 0.2) is 4.99 Å². The monoisotopic (exact) mass is 248 g/mol. The van der Waals surface area contributed by atoms with Crippen molar-refractivity contribution in [1.82, 2.24) is 15.4 Å². The van der Waals surface area contributed by atoms with Gasteiger partial charge in [0.15, 0.2) is 0 Å². The second-order valence-electron chi connectivity index (χ2n) is 3.16. The predicted octanol–water partition coefficient (Wildman–Crippen LogP) is -2.47. The van der Waals surface area contributed by atoms with Crippen LogP contribution in [0, 0.1) is 0 Å². The van der Waals surface area contributed by atoms with Gasteiger partial charge >= 0.3 is 11.8 Å². The van der Waals surface area contributed by atoms with Gasteiger partial charge in [-0.1, -0.05) is 0 Å². The molecule has 0 radical (unpaired) electrons. The number of rotatable bonds is 5. The van der Waals surface area contributed by atoms with E-state index in [2.05, 4.69) is 20.3 Å². The zero-order valence-electron chi connectivity index (χ0n) is 8.61. The maximum atomic E-state index is 10.7. The van der Waals surface area contributed by atoms with Crippen LogP contribution in [0.4, 0.5) is 0 Å². The summed E-state index contributed by atoms with van der Waals surface area (Å²) in [4.78, 5) is 25.3. The molecule has 0 bridgehead atoms. The summed E-state index contributed by atoms with van der Waals surface area (Å²) < 4.78 is 23.6. The molecule has 3 N–H and O–H groups in total. The van der Waals surface area contributed by atoms with E-state index in [0.717, 1.165) is 6.26 Å². The molecule has 0 unspecified atom stereocenters. The van der Waals surface area contributed by atoms with Crippen molar-refractivity contribution in [2.45, 2.75) is 6.42 Å². The van der Waals surface area contributed by atoms with Crippen LogP contribution in [0.25, 0.3) is 0 Å². The highest BCUT2D eigenvalue weighted by atomic mass is 32.2. The minimum Gasteiger partial charge on any atom is -0.288 e. The molecule has 0 atom stereocenters. The molecule has 0 aromatic rings. The number of nitrogens with one attached hydrogen (secondary N) is 3. The lowest BCUT2D eigenvalue weighted by Gasteiger charge is -2.00. The van der Waals surface area contributed by atoms with Crippen LogP contribution in [0.2, 0.25) is 0 Å². The first-order valence-electron chi connectivity index (χ1n) is 4.50. The number of guanidine groups is 1. The third kappa shape index (κ3) is 4.36. The minimum atomic E-state index is -3.18. The van der Waals surface area contributed by atoms with E-state index in [1.165, 1.54) is 0 Å². The minimum absolute atomic E-state index is 0.106. The largest absolute Gasteiger partial charge is 0.316 e. The van der Waals surface area contributed by atoms with Gasteiger partial charge in [0.2, 0.25) is 16.0 Å². The van der Waals surface area contributed by atoms with E-state index < -0.39 is 21.8 Å². The Labute approximate surface area is 92.6 Å². The van der Waals surface area contributed by atoms with Gasteiger partial charge in [0, 0.05) is 13.1 Å². The molecule has 8 nitrogen and oxygen atoms in total. The second kappa shape index (κ2) is 5.03. The molecule has 0 spiro atoms. The van der Waals surface area contributed by atoms with Crippen molar-refractivity contribution in [3.8, 4) is 0 Å². The summed E-state index contributed by atoms with van der Waals surface area (Å²) in [6.45, 7) is 0.565. The van der Waals surface area contributed by atoms with Gasteiger partial charge in [-0.2, -0.15) is 0 Å². The summed E-state index contributed by atoms with van der Waals surface area (Å²) in [7, 11) is -3.18. The molecule has 1 rings (SSSR count). The van der Waals surface area contributed by atoms with Crippen molar-refractivity contribution in [3.05, 3.63) is 0 Å². The molecule has 0 aromatic heterocycles. The average Bonchev–Trinajstić information content (AvgIpc) is 2.44. The molecule has 2 amide bonds. The van der Waals surface area contributed by atoms with Crippen molar-refractivity contribution < 1.29 is 18.0 Å². The molecule has 1 fully saturated rings. The van der Waals surface area contributed by atoms with Crippen molar-refractivity contribution in [3.63, 3.8) is 0 Å². The van der Waals surface area contributed by atoms with Gasteiger partial charge in [0.25, 0.3) is 0 Å². The topological polar surface area (TPSA) is 117 Å². The number of hydrogen-bond donors (Lipinski definition) is 3. The van der Waals surface area contributed by atoms with Crippen molar-refractivity contribution in [2.24, 2.45) is 4.99 Å². The number of hydrogen-bond acceptors (Lipinski definition) is 5. The van der Waals surface area contributed by atoms with E-state index in [1.54, 1.807) is 0 Å². The van der Waals surface area contributed by atoms with Crippen LogP contribution in [-0.4, -0.2) is 45.5 Å². The lowest BCUT2D eigenvalue weighted by molar-refractivity contribution is -0.135. The fourth-order valence-electron chi connectivity index (χ4n) is 0.966. The van der Waals surface area contributed by atoms with Crippen LogP contribution >= 0.6 is 0 Å². The molecule has 0 aliphatic carbocycles. The van der Waals surface area contributed by atoms with Crippen molar-refractivity contribution in [1.29, 1.82) is 0 Å². The predicted molar refractivity (Wildman–Crippen MR) is 56.1 cm³/mol. The molecule has 1 aliphatic rings. The maximum Gasteiger partial charge on any atom is 0.316 e. The SMILES string of the molecule is CS(=O)(=O)NCCCN=C1NC(=O)C(=O)N1. The lowest BCUT2D eigenvalue weighted by Crippen LogP contribution is -2.27. The molecule has 16 heavy (non-hydrogen) atoms. The average molecular weight is 248 g/mol. The molecule has 0 saturated carbocycles. The van der Waals surface area contributed by atoms with Crippen LogP contribution in [0.3, 0.4) is 0 Å². The molecule has 0 aromatic carbocycles. The third-order valence-corrected chi connectivity index (χ3v) is 2.37. The Morgan fingerprint density at radius 3 is 2.31 bits per heavy atom. The van der Waals surface area contributed by atoms with Crippen LogP contribution < -0.4 is 15.4 Å². The number of sulfonamides is 1. The number of carbonyl (C=O) groups excluding carboxylic acids is 2. The van der Waals surface area contributed by atoms with Crippen LogP contribution in [0.1, 0.15) is 6.42 Å². The molecule has 1 heterocycles. The van der Waals surface area contributed by atoms with Gasteiger partial charge in [-0.05, 0) is 6.42 Å². The van der Waals surface area contributed by atoms with Crippen molar-refractivity contribution in [2.75, 3.05) is 19.3 Å².